The minimum atomic E-state index is -0.705. The van der Waals surface area contributed by atoms with Gasteiger partial charge in [0.15, 0.2) is 0 Å². The van der Waals surface area contributed by atoms with Crippen molar-refractivity contribution in [1.82, 2.24) is 10.2 Å². The molecule has 0 aliphatic carbocycles. The summed E-state index contributed by atoms with van der Waals surface area (Å²) in [6.45, 7) is 5.12. The number of hydrogen-bond donors (Lipinski definition) is 2. The molecule has 2 N–H and O–H groups in total. The summed E-state index contributed by atoms with van der Waals surface area (Å²) < 4.78 is 0. The molecule has 2 rings (SSSR count). The van der Waals surface area contributed by atoms with Crippen LogP contribution in [0.1, 0.15) is 45.4 Å². The molecule has 5 nitrogen and oxygen atoms in total. The van der Waals surface area contributed by atoms with E-state index in [1.165, 1.54) is 0 Å². The van der Waals surface area contributed by atoms with Gasteiger partial charge in [0.2, 0.25) is 5.91 Å². The van der Waals surface area contributed by atoms with Crippen LogP contribution in [0.4, 0.5) is 0 Å². The summed E-state index contributed by atoms with van der Waals surface area (Å²) in [5.74, 6) is -0.0500. The highest BCUT2D eigenvalue weighted by molar-refractivity contribution is 5.78. The van der Waals surface area contributed by atoms with Crippen LogP contribution in [-0.2, 0) is 9.59 Å². The number of rotatable bonds is 4. The van der Waals surface area contributed by atoms with Gasteiger partial charge in [-0.05, 0) is 51.1 Å². The Balaban J connectivity index is 1.83. The van der Waals surface area contributed by atoms with Gasteiger partial charge in [-0.1, -0.05) is 6.92 Å². The summed E-state index contributed by atoms with van der Waals surface area (Å²) in [5, 5.41) is 12.7. The van der Waals surface area contributed by atoms with E-state index in [-0.39, 0.29) is 5.91 Å². The number of amides is 1. The monoisotopic (exact) mass is 282 g/mol. The smallest absolute Gasteiger partial charge is 0.309 e. The van der Waals surface area contributed by atoms with Crippen LogP contribution < -0.4 is 5.32 Å². The van der Waals surface area contributed by atoms with Crippen molar-refractivity contribution in [2.45, 2.75) is 45.4 Å². The van der Waals surface area contributed by atoms with Crippen molar-refractivity contribution in [3.05, 3.63) is 0 Å². The van der Waals surface area contributed by atoms with Crippen molar-refractivity contribution in [2.24, 2.45) is 11.3 Å². The van der Waals surface area contributed by atoms with Crippen molar-refractivity contribution in [1.29, 1.82) is 0 Å². The molecule has 0 aromatic rings. The van der Waals surface area contributed by atoms with E-state index in [2.05, 4.69) is 5.32 Å². The summed E-state index contributed by atoms with van der Waals surface area (Å²) in [5.41, 5.74) is -0.608. The van der Waals surface area contributed by atoms with Crippen LogP contribution in [0.5, 0.6) is 0 Å². The fourth-order valence-electron chi connectivity index (χ4n) is 3.38. The lowest BCUT2D eigenvalue weighted by Gasteiger charge is -2.39. The number of aliphatic carboxylic acids is 1. The van der Waals surface area contributed by atoms with E-state index < -0.39 is 11.4 Å². The summed E-state index contributed by atoms with van der Waals surface area (Å²) in [4.78, 5) is 25.5. The van der Waals surface area contributed by atoms with Crippen LogP contribution in [-0.4, -0.2) is 48.1 Å². The predicted octanol–water partition coefficient (Wildman–Crippen LogP) is 1.48. The third kappa shape index (κ3) is 3.32. The largest absolute Gasteiger partial charge is 0.481 e. The highest BCUT2D eigenvalue weighted by atomic mass is 16.4. The number of hydrogen-bond acceptors (Lipinski definition) is 3. The van der Waals surface area contributed by atoms with Crippen LogP contribution in [0, 0.1) is 11.3 Å². The Bertz CT molecular complexity index is 356. The van der Waals surface area contributed by atoms with Gasteiger partial charge in [-0.25, -0.2) is 0 Å². The minimum Gasteiger partial charge on any atom is -0.481 e. The van der Waals surface area contributed by atoms with Crippen molar-refractivity contribution < 1.29 is 14.7 Å². The van der Waals surface area contributed by atoms with E-state index >= 15 is 0 Å². The standard InChI is InChI=1S/C15H26N2O3/c1-2-15(14(19)20)5-8-17(9-6-15)13(18)10-12-4-3-7-16-11-12/h12,16H,2-11H2,1H3,(H,19,20). The van der Waals surface area contributed by atoms with E-state index in [9.17, 15) is 14.7 Å². The summed E-state index contributed by atoms with van der Waals surface area (Å²) in [6.07, 6.45) is 4.72. The highest BCUT2D eigenvalue weighted by Crippen LogP contribution is 2.35. The first kappa shape index (κ1) is 15.3. The van der Waals surface area contributed by atoms with Gasteiger partial charge in [0.25, 0.3) is 0 Å². The minimum absolute atomic E-state index is 0.203. The number of nitrogens with one attached hydrogen (secondary N) is 1. The van der Waals surface area contributed by atoms with Gasteiger partial charge < -0.3 is 15.3 Å². The molecule has 0 spiro atoms. The zero-order valence-electron chi connectivity index (χ0n) is 12.4. The van der Waals surface area contributed by atoms with Gasteiger partial charge in [0.05, 0.1) is 5.41 Å². The van der Waals surface area contributed by atoms with Gasteiger partial charge in [-0.15, -0.1) is 0 Å². The molecule has 1 atom stereocenters. The molecule has 2 aliphatic rings. The maximum absolute atomic E-state index is 12.3. The summed E-state index contributed by atoms with van der Waals surface area (Å²) in [7, 11) is 0. The Kier molecular flexibility index (Phi) is 5.02. The number of piperidine rings is 2. The molecule has 5 heteroatoms. The van der Waals surface area contributed by atoms with Crippen LogP contribution in [0.25, 0.3) is 0 Å². The van der Waals surface area contributed by atoms with Gasteiger partial charge in [-0.3, -0.25) is 9.59 Å². The molecule has 2 heterocycles. The number of carboxylic acid groups (broad SMARTS) is 1. The molecule has 2 aliphatic heterocycles. The summed E-state index contributed by atoms with van der Waals surface area (Å²) in [6, 6.07) is 0. The fourth-order valence-corrected chi connectivity index (χ4v) is 3.38. The van der Waals surface area contributed by atoms with E-state index in [4.69, 9.17) is 0 Å². The topological polar surface area (TPSA) is 69.6 Å². The second kappa shape index (κ2) is 6.57. The molecule has 2 saturated heterocycles. The van der Waals surface area contributed by atoms with Crippen molar-refractivity contribution >= 4 is 11.9 Å². The SMILES string of the molecule is CCC1(C(=O)O)CCN(C(=O)CC2CCCNC2)CC1. The number of carbonyl (C=O) groups is 2. The molecule has 0 saturated carbocycles. The van der Waals surface area contributed by atoms with Crippen LogP contribution in [0.2, 0.25) is 0 Å². The Hall–Kier alpha value is -1.10. The quantitative estimate of drug-likeness (QED) is 0.819. The molecule has 2 fully saturated rings. The highest BCUT2D eigenvalue weighted by Gasteiger charge is 2.40. The third-order valence-electron chi connectivity index (χ3n) is 5.07. The molecular formula is C15H26N2O3. The molecule has 0 aromatic heterocycles. The zero-order valence-corrected chi connectivity index (χ0v) is 12.4. The van der Waals surface area contributed by atoms with E-state index in [0.29, 0.717) is 44.7 Å². The molecule has 0 aromatic carbocycles. The predicted molar refractivity (Wildman–Crippen MR) is 76.4 cm³/mol. The Morgan fingerprint density at radius 1 is 1.35 bits per heavy atom. The Labute approximate surface area is 120 Å². The molecule has 1 amide bonds. The number of nitrogens with zero attached hydrogens (tertiary/aromatic N) is 1. The average molecular weight is 282 g/mol. The number of likely N-dealkylation sites (tertiary alicyclic amines) is 1. The van der Waals surface area contributed by atoms with Gasteiger partial charge >= 0.3 is 5.97 Å². The Morgan fingerprint density at radius 3 is 2.55 bits per heavy atom. The van der Waals surface area contributed by atoms with Gasteiger partial charge in [0.1, 0.15) is 0 Å². The lowest BCUT2D eigenvalue weighted by molar-refractivity contribution is -0.154. The first-order chi connectivity index (χ1) is 9.57. The van der Waals surface area contributed by atoms with E-state index in [1.54, 1.807) is 0 Å². The molecule has 1 unspecified atom stereocenters. The molecule has 20 heavy (non-hydrogen) atoms. The second-order valence-electron chi connectivity index (χ2n) is 6.24. The molecule has 0 radical (unpaired) electrons. The average Bonchev–Trinajstić information content (AvgIpc) is 2.48. The Morgan fingerprint density at radius 2 is 2.05 bits per heavy atom. The zero-order chi connectivity index (χ0) is 14.6. The van der Waals surface area contributed by atoms with Crippen LogP contribution >= 0.6 is 0 Å². The van der Waals surface area contributed by atoms with Gasteiger partial charge in [0, 0.05) is 19.5 Å². The molecule has 0 bridgehead atoms. The van der Waals surface area contributed by atoms with Gasteiger partial charge in [-0.2, -0.15) is 0 Å². The van der Waals surface area contributed by atoms with Crippen LogP contribution in [0.15, 0.2) is 0 Å². The second-order valence-corrected chi connectivity index (χ2v) is 6.24. The lowest BCUT2D eigenvalue weighted by Crippen LogP contribution is -2.47. The van der Waals surface area contributed by atoms with E-state index in [0.717, 1.165) is 25.9 Å². The van der Waals surface area contributed by atoms with Crippen LogP contribution in [0.3, 0.4) is 0 Å². The fraction of sp³-hybridized carbons (Fsp3) is 0.867. The normalized spacial score (nSPS) is 26.2. The lowest BCUT2D eigenvalue weighted by atomic mass is 9.76. The third-order valence-corrected chi connectivity index (χ3v) is 5.07. The number of carboxylic acids is 1. The summed E-state index contributed by atoms with van der Waals surface area (Å²) >= 11 is 0. The molecular weight excluding hydrogens is 256 g/mol. The first-order valence-corrected chi connectivity index (χ1v) is 7.79. The number of carbonyl (C=O) groups excluding carboxylic acids is 1. The van der Waals surface area contributed by atoms with E-state index in [1.807, 2.05) is 11.8 Å². The maximum atomic E-state index is 12.3. The first-order valence-electron chi connectivity index (χ1n) is 7.79. The van der Waals surface area contributed by atoms with Crippen molar-refractivity contribution in [2.75, 3.05) is 26.2 Å². The van der Waals surface area contributed by atoms with Crippen molar-refractivity contribution in [3.63, 3.8) is 0 Å². The maximum Gasteiger partial charge on any atom is 0.309 e. The molecule has 114 valence electrons. The van der Waals surface area contributed by atoms with Crippen molar-refractivity contribution in [3.8, 4) is 0 Å².